The van der Waals surface area contributed by atoms with Crippen molar-refractivity contribution in [3.05, 3.63) is 65.7 Å². The highest BCUT2D eigenvalue weighted by molar-refractivity contribution is 5.97. The van der Waals surface area contributed by atoms with Gasteiger partial charge in [0.1, 0.15) is 23.5 Å². The van der Waals surface area contributed by atoms with Crippen molar-refractivity contribution in [3.63, 3.8) is 0 Å². The number of carboxylic acid groups (broad SMARTS) is 1. The number of hydrogen-bond acceptors (Lipinski definition) is 6. The minimum Gasteiger partial charge on any atom is -0.489 e. The maximum absolute atomic E-state index is 13.0. The lowest BCUT2D eigenvalue weighted by Crippen LogP contribution is -2.51. The smallest absolute Gasteiger partial charge is 0.411 e. The molecule has 1 amide bonds. The quantitative estimate of drug-likeness (QED) is 0.266. The van der Waals surface area contributed by atoms with E-state index in [0.717, 1.165) is 31.2 Å². The van der Waals surface area contributed by atoms with Gasteiger partial charge in [0.05, 0.1) is 13.1 Å². The van der Waals surface area contributed by atoms with Crippen LogP contribution in [-0.2, 0) is 16.0 Å². The maximum Gasteiger partial charge on any atom is 0.411 e. The van der Waals surface area contributed by atoms with Gasteiger partial charge in [0, 0.05) is 5.56 Å². The topological polar surface area (TPSA) is 105 Å². The van der Waals surface area contributed by atoms with E-state index in [2.05, 4.69) is 5.32 Å². The second-order valence-corrected chi connectivity index (χ2v) is 10.9. The van der Waals surface area contributed by atoms with E-state index in [4.69, 9.17) is 9.47 Å². The van der Waals surface area contributed by atoms with Crippen molar-refractivity contribution in [2.75, 3.05) is 19.6 Å². The number of nitrogens with zero attached hydrogens (tertiary/aromatic N) is 1. The Morgan fingerprint density at radius 2 is 1.71 bits per heavy atom. The van der Waals surface area contributed by atoms with E-state index in [0.29, 0.717) is 17.9 Å². The van der Waals surface area contributed by atoms with Gasteiger partial charge in [-0.25, -0.2) is 9.59 Å². The van der Waals surface area contributed by atoms with Crippen molar-refractivity contribution in [1.82, 2.24) is 10.2 Å². The van der Waals surface area contributed by atoms with Gasteiger partial charge >= 0.3 is 12.1 Å². The lowest BCUT2D eigenvalue weighted by atomic mass is 10.1. The summed E-state index contributed by atoms with van der Waals surface area (Å²) in [6.07, 6.45) is 2.01. The van der Waals surface area contributed by atoms with E-state index in [9.17, 15) is 19.5 Å². The first-order valence-electron chi connectivity index (χ1n) is 13.3. The highest BCUT2D eigenvalue weighted by Gasteiger charge is 2.44. The van der Waals surface area contributed by atoms with Crippen LogP contribution in [0.25, 0.3) is 0 Å². The standard InChI is InChI=1S/C30H40N2O6/c1-21(20-32(29(36)38-30(2,3)4)27(28(34)35)24-16-17-24)37-26-15-9-8-13-23(26)14-10-18-31-19-25(33)22-11-6-5-7-12-22/h5-9,11-13,15,21,24,27,31H,10,14,16-20H2,1-4H3,(H,34,35)/t21-,27+/m1/s1. The Balaban J connectivity index is 1.56. The Hall–Kier alpha value is -3.39. The first-order chi connectivity index (χ1) is 18.0. The van der Waals surface area contributed by atoms with Gasteiger partial charge in [-0.05, 0) is 77.5 Å². The van der Waals surface area contributed by atoms with Gasteiger partial charge in [0.15, 0.2) is 5.78 Å². The number of carbonyl (C=O) groups is 3. The van der Waals surface area contributed by atoms with Gasteiger partial charge in [-0.3, -0.25) is 9.69 Å². The van der Waals surface area contributed by atoms with E-state index in [1.54, 1.807) is 20.8 Å². The molecule has 8 nitrogen and oxygen atoms in total. The molecule has 0 saturated heterocycles. The Bertz CT molecular complexity index is 1080. The zero-order chi connectivity index (χ0) is 27.7. The van der Waals surface area contributed by atoms with E-state index >= 15 is 0 Å². The van der Waals surface area contributed by atoms with Crippen molar-refractivity contribution in [2.45, 2.75) is 71.1 Å². The number of ether oxygens (including phenoxy) is 2. The third-order valence-corrected chi connectivity index (χ3v) is 6.22. The summed E-state index contributed by atoms with van der Waals surface area (Å²) in [6, 6.07) is 16.0. The van der Waals surface area contributed by atoms with Gasteiger partial charge in [0.25, 0.3) is 0 Å². The molecule has 0 bridgehead atoms. The summed E-state index contributed by atoms with van der Waals surface area (Å²) in [7, 11) is 0. The van der Waals surface area contributed by atoms with Crippen LogP contribution < -0.4 is 10.1 Å². The molecule has 38 heavy (non-hydrogen) atoms. The summed E-state index contributed by atoms with van der Waals surface area (Å²) in [5.41, 5.74) is 0.967. The number of carboxylic acids is 1. The average molecular weight is 525 g/mol. The Kier molecular flexibility index (Phi) is 10.3. The molecule has 8 heteroatoms. The Morgan fingerprint density at radius 1 is 1.05 bits per heavy atom. The number of amides is 1. The fourth-order valence-electron chi connectivity index (χ4n) is 4.31. The van der Waals surface area contributed by atoms with E-state index in [1.807, 2.05) is 61.5 Å². The summed E-state index contributed by atoms with van der Waals surface area (Å²) in [6.45, 7) is 8.17. The summed E-state index contributed by atoms with van der Waals surface area (Å²) in [5, 5.41) is 13.1. The first-order valence-corrected chi connectivity index (χ1v) is 13.3. The highest BCUT2D eigenvalue weighted by atomic mass is 16.6. The van der Waals surface area contributed by atoms with Crippen molar-refractivity contribution >= 4 is 17.8 Å². The summed E-state index contributed by atoms with van der Waals surface area (Å²) in [5.74, 6) is -0.337. The molecule has 2 N–H and O–H groups in total. The molecule has 206 valence electrons. The molecule has 1 aliphatic rings. The molecule has 2 aromatic rings. The van der Waals surface area contributed by atoms with Crippen LogP contribution in [0.4, 0.5) is 4.79 Å². The third-order valence-electron chi connectivity index (χ3n) is 6.22. The molecule has 0 heterocycles. The Labute approximate surface area is 225 Å². The molecular weight excluding hydrogens is 484 g/mol. The van der Waals surface area contributed by atoms with Crippen LogP contribution in [0, 0.1) is 5.92 Å². The zero-order valence-electron chi connectivity index (χ0n) is 22.8. The number of aliphatic carboxylic acids is 1. The van der Waals surface area contributed by atoms with Crippen molar-refractivity contribution in [1.29, 1.82) is 0 Å². The number of benzene rings is 2. The van der Waals surface area contributed by atoms with Crippen LogP contribution in [0.3, 0.4) is 0 Å². The van der Waals surface area contributed by atoms with Crippen molar-refractivity contribution in [3.8, 4) is 5.75 Å². The Morgan fingerprint density at radius 3 is 2.34 bits per heavy atom. The maximum atomic E-state index is 13.0. The number of ketones is 1. The molecule has 1 saturated carbocycles. The van der Waals surface area contributed by atoms with E-state index in [-0.39, 0.29) is 24.8 Å². The average Bonchev–Trinajstić information content (AvgIpc) is 3.68. The molecule has 3 rings (SSSR count). The van der Waals surface area contributed by atoms with Gasteiger partial charge in [0.2, 0.25) is 0 Å². The summed E-state index contributed by atoms with van der Waals surface area (Å²) in [4.78, 5) is 38.6. The van der Waals surface area contributed by atoms with Crippen LogP contribution in [0.15, 0.2) is 54.6 Å². The second kappa shape index (κ2) is 13.4. The lowest BCUT2D eigenvalue weighted by molar-refractivity contribution is -0.144. The molecule has 0 spiro atoms. The normalized spacial score (nSPS) is 14.8. The van der Waals surface area contributed by atoms with Crippen LogP contribution in [-0.4, -0.2) is 65.2 Å². The van der Waals surface area contributed by atoms with Crippen molar-refractivity contribution in [2.24, 2.45) is 5.92 Å². The molecule has 2 aromatic carbocycles. The molecule has 0 unspecified atom stereocenters. The number of rotatable bonds is 14. The van der Waals surface area contributed by atoms with E-state index in [1.165, 1.54) is 4.90 Å². The number of hydrogen-bond donors (Lipinski definition) is 2. The van der Waals surface area contributed by atoms with E-state index < -0.39 is 29.8 Å². The second-order valence-electron chi connectivity index (χ2n) is 10.9. The fourth-order valence-corrected chi connectivity index (χ4v) is 4.31. The van der Waals surface area contributed by atoms with Crippen LogP contribution in [0.5, 0.6) is 5.75 Å². The number of para-hydroxylation sites is 1. The predicted octanol–water partition coefficient (Wildman–Crippen LogP) is 4.96. The molecule has 0 aliphatic heterocycles. The monoisotopic (exact) mass is 524 g/mol. The summed E-state index contributed by atoms with van der Waals surface area (Å²) >= 11 is 0. The number of Topliss-reactive ketones (excluding diaryl/α,β-unsaturated/α-hetero) is 1. The number of aryl methyl sites for hydroxylation is 1. The van der Waals surface area contributed by atoms with Crippen molar-refractivity contribution < 1.29 is 29.0 Å². The minimum absolute atomic E-state index is 0.0589. The number of carbonyl (C=O) groups excluding carboxylic acids is 2. The largest absolute Gasteiger partial charge is 0.489 e. The zero-order valence-corrected chi connectivity index (χ0v) is 22.8. The molecule has 0 aromatic heterocycles. The lowest BCUT2D eigenvalue weighted by Gasteiger charge is -2.33. The third kappa shape index (κ3) is 9.17. The highest BCUT2D eigenvalue weighted by Crippen LogP contribution is 2.36. The van der Waals surface area contributed by atoms with Gasteiger partial charge in [-0.1, -0.05) is 48.5 Å². The molecule has 1 aliphatic carbocycles. The minimum atomic E-state index is -1.02. The molecule has 2 atom stereocenters. The first kappa shape index (κ1) is 29.2. The van der Waals surface area contributed by atoms with Crippen LogP contribution >= 0.6 is 0 Å². The molecule has 0 radical (unpaired) electrons. The fraction of sp³-hybridized carbons (Fsp3) is 0.500. The van der Waals surface area contributed by atoms with Gasteiger partial charge < -0.3 is 19.9 Å². The number of nitrogens with one attached hydrogen (secondary N) is 1. The summed E-state index contributed by atoms with van der Waals surface area (Å²) < 4.78 is 11.8. The van der Waals surface area contributed by atoms with Crippen LogP contribution in [0.1, 0.15) is 62.9 Å². The SMILES string of the molecule is C[C@H](CN(C(=O)OC(C)(C)C)[C@H](C(=O)O)C1CC1)Oc1ccccc1CCCNCC(=O)c1ccccc1. The van der Waals surface area contributed by atoms with Crippen LogP contribution in [0.2, 0.25) is 0 Å². The van der Waals surface area contributed by atoms with Gasteiger partial charge in [-0.15, -0.1) is 0 Å². The predicted molar refractivity (Wildman–Crippen MR) is 146 cm³/mol. The molecule has 1 fully saturated rings. The molecular formula is C30H40N2O6. The van der Waals surface area contributed by atoms with Gasteiger partial charge in [-0.2, -0.15) is 0 Å².